The average Bonchev–Trinajstić information content (AvgIpc) is 2.87. The second-order valence-electron chi connectivity index (χ2n) is 7.61. The number of benzene rings is 1. The maximum atomic E-state index is 12.3. The SMILES string of the molecule is COC(=O)c1cc(-c2ccc(C#Cc3cccnc3)cc2)nc(N2CCCC(OC)C2)c1. The van der Waals surface area contributed by atoms with Crippen LogP contribution in [0.1, 0.15) is 34.3 Å². The zero-order valence-electron chi connectivity index (χ0n) is 18.2. The van der Waals surface area contributed by atoms with E-state index >= 15 is 0 Å². The molecule has 1 fully saturated rings. The lowest BCUT2D eigenvalue weighted by Crippen LogP contribution is -2.39. The van der Waals surface area contributed by atoms with E-state index in [9.17, 15) is 4.79 Å². The Hall–Kier alpha value is -3.69. The van der Waals surface area contributed by atoms with Gasteiger partial charge in [-0.2, -0.15) is 0 Å². The van der Waals surface area contributed by atoms with Crippen molar-refractivity contribution in [3.05, 3.63) is 77.6 Å². The zero-order chi connectivity index (χ0) is 22.3. The molecule has 32 heavy (non-hydrogen) atoms. The number of aromatic nitrogens is 2. The molecule has 1 atom stereocenters. The first-order valence-electron chi connectivity index (χ1n) is 10.6. The molecule has 6 nitrogen and oxygen atoms in total. The van der Waals surface area contributed by atoms with E-state index in [1.165, 1.54) is 7.11 Å². The highest BCUT2D eigenvalue weighted by Gasteiger charge is 2.22. The van der Waals surface area contributed by atoms with E-state index in [1.807, 2.05) is 36.4 Å². The van der Waals surface area contributed by atoms with E-state index in [2.05, 4.69) is 21.7 Å². The van der Waals surface area contributed by atoms with E-state index in [0.717, 1.165) is 48.4 Å². The Balaban J connectivity index is 1.63. The van der Waals surface area contributed by atoms with Crippen LogP contribution in [0.4, 0.5) is 5.82 Å². The molecular weight excluding hydrogens is 402 g/mol. The second-order valence-corrected chi connectivity index (χ2v) is 7.61. The molecule has 3 aromatic rings. The third-order valence-corrected chi connectivity index (χ3v) is 5.46. The Kier molecular flexibility index (Phi) is 6.78. The van der Waals surface area contributed by atoms with Crippen molar-refractivity contribution in [2.24, 2.45) is 0 Å². The van der Waals surface area contributed by atoms with Gasteiger partial charge in [0.2, 0.25) is 0 Å². The van der Waals surface area contributed by atoms with Crippen LogP contribution in [0.15, 0.2) is 60.9 Å². The number of anilines is 1. The predicted molar refractivity (Wildman–Crippen MR) is 123 cm³/mol. The summed E-state index contributed by atoms with van der Waals surface area (Å²) >= 11 is 0. The Bertz CT molecular complexity index is 1130. The maximum Gasteiger partial charge on any atom is 0.338 e. The van der Waals surface area contributed by atoms with Crippen LogP contribution in [0.3, 0.4) is 0 Å². The molecular formula is C26H25N3O3. The molecule has 6 heteroatoms. The molecule has 0 radical (unpaired) electrons. The van der Waals surface area contributed by atoms with Gasteiger partial charge in [-0.25, -0.2) is 9.78 Å². The standard InChI is InChI=1S/C26H25N3O3/c1-31-23-6-4-14-29(18-23)25-16-22(26(30)32-2)15-24(28-25)21-11-9-19(10-12-21)7-8-20-5-3-13-27-17-20/h3,5,9-13,15-17,23H,4,6,14,18H2,1-2H3. The summed E-state index contributed by atoms with van der Waals surface area (Å²) in [5.74, 6) is 6.63. The molecule has 2 aromatic heterocycles. The first-order valence-corrected chi connectivity index (χ1v) is 10.6. The highest BCUT2D eigenvalue weighted by atomic mass is 16.5. The Labute approximate surface area is 188 Å². The van der Waals surface area contributed by atoms with Gasteiger partial charge in [0.05, 0.1) is 24.5 Å². The van der Waals surface area contributed by atoms with Gasteiger partial charge < -0.3 is 14.4 Å². The molecule has 0 saturated carbocycles. The number of carbonyl (C=O) groups excluding carboxylic acids is 1. The number of hydrogen-bond donors (Lipinski definition) is 0. The first kappa shape index (κ1) is 21.5. The van der Waals surface area contributed by atoms with Crippen LogP contribution in [-0.4, -0.2) is 49.4 Å². The van der Waals surface area contributed by atoms with Crippen molar-refractivity contribution in [1.29, 1.82) is 0 Å². The summed E-state index contributed by atoms with van der Waals surface area (Å²) < 4.78 is 10.5. The minimum Gasteiger partial charge on any atom is -0.465 e. The number of methoxy groups -OCH3 is 2. The molecule has 162 valence electrons. The van der Waals surface area contributed by atoms with Gasteiger partial charge in [-0.15, -0.1) is 0 Å². The first-order chi connectivity index (χ1) is 15.7. The lowest BCUT2D eigenvalue weighted by atomic mass is 10.1. The summed E-state index contributed by atoms with van der Waals surface area (Å²) in [7, 11) is 3.12. The number of esters is 1. The third kappa shape index (κ3) is 5.13. The topological polar surface area (TPSA) is 64.5 Å². The van der Waals surface area contributed by atoms with Gasteiger partial charge in [-0.1, -0.05) is 24.0 Å². The second kappa shape index (κ2) is 10.1. The van der Waals surface area contributed by atoms with Crippen molar-refractivity contribution in [3.63, 3.8) is 0 Å². The highest BCUT2D eigenvalue weighted by Crippen LogP contribution is 2.26. The largest absolute Gasteiger partial charge is 0.465 e. The van der Waals surface area contributed by atoms with Gasteiger partial charge in [0.1, 0.15) is 5.82 Å². The molecule has 0 spiro atoms. The zero-order valence-corrected chi connectivity index (χ0v) is 18.2. The number of piperidine rings is 1. The van der Waals surface area contributed by atoms with Crippen molar-refractivity contribution in [1.82, 2.24) is 9.97 Å². The fourth-order valence-corrected chi connectivity index (χ4v) is 3.71. The summed E-state index contributed by atoms with van der Waals surface area (Å²) in [6, 6.07) is 15.2. The molecule has 1 unspecified atom stereocenters. The van der Waals surface area contributed by atoms with Gasteiger partial charge in [0, 0.05) is 49.3 Å². The van der Waals surface area contributed by atoms with E-state index in [4.69, 9.17) is 14.5 Å². The number of carbonyl (C=O) groups is 1. The summed E-state index contributed by atoms with van der Waals surface area (Å²) in [5, 5.41) is 0. The smallest absolute Gasteiger partial charge is 0.338 e. The molecule has 1 aliphatic rings. The van der Waals surface area contributed by atoms with Crippen molar-refractivity contribution in [2.45, 2.75) is 18.9 Å². The lowest BCUT2D eigenvalue weighted by Gasteiger charge is -2.33. The molecule has 0 aliphatic carbocycles. The van der Waals surface area contributed by atoms with Gasteiger partial charge in [0.25, 0.3) is 0 Å². The number of nitrogens with zero attached hydrogens (tertiary/aromatic N) is 3. The molecule has 4 rings (SSSR count). The molecule has 1 saturated heterocycles. The number of pyridine rings is 2. The van der Waals surface area contributed by atoms with Crippen molar-refractivity contribution >= 4 is 11.8 Å². The molecule has 0 amide bonds. The Morgan fingerprint density at radius 2 is 1.91 bits per heavy atom. The normalized spacial score (nSPS) is 15.6. The van der Waals surface area contributed by atoms with Crippen LogP contribution in [0.25, 0.3) is 11.3 Å². The van der Waals surface area contributed by atoms with Crippen LogP contribution in [0.2, 0.25) is 0 Å². The van der Waals surface area contributed by atoms with Gasteiger partial charge in [-0.05, 0) is 49.2 Å². The third-order valence-electron chi connectivity index (χ3n) is 5.46. The highest BCUT2D eigenvalue weighted by molar-refractivity contribution is 5.91. The minimum atomic E-state index is -0.380. The summed E-state index contributed by atoms with van der Waals surface area (Å²) in [6.07, 6.45) is 5.66. The summed E-state index contributed by atoms with van der Waals surface area (Å²) in [5.41, 5.74) is 3.86. The fraction of sp³-hybridized carbons (Fsp3) is 0.269. The predicted octanol–water partition coefficient (Wildman–Crippen LogP) is 3.95. The van der Waals surface area contributed by atoms with E-state index in [1.54, 1.807) is 31.6 Å². The summed E-state index contributed by atoms with van der Waals surface area (Å²) in [6.45, 7) is 1.62. The van der Waals surface area contributed by atoms with Crippen LogP contribution in [0, 0.1) is 11.8 Å². The van der Waals surface area contributed by atoms with Crippen molar-refractivity contribution in [2.75, 3.05) is 32.2 Å². The minimum absolute atomic E-state index is 0.161. The van der Waals surface area contributed by atoms with Gasteiger partial charge >= 0.3 is 5.97 Å². The molecule has 1 aromatic carbocycles. The molecule has 0 bridgehead atoms. The van der Waals surface area contributed by atoms with Crippen molar-refractivity contribution in [3.8, 4) is 23.1 Å². The lowest BCUT2D eigenvalue weighted by molar-refractivity contribution is 0.0600. The average molecular weight is 428 g/mol. The number of hydrogen-bond acceptors (Lipinski definition) is 6. The Morgan fingerprint density at radius 3 is 2.62 bits per heavy atom. The van der Waals surface area contributed by atoms with Crippen LogP contribution < -0.4 is 4.90 Å². The Morgan fingerprint density at radius 1 is 1.09 bits per heavy atom. The van der Waals surface area contributed by atoms with E-state index in [-0.39, 0.29) is 12.1 Å². The van der Waals surface area contributed by atoms with Gasteiger partial charge in [-0.3, -0.25) is 4.98 Å². The van der Waals surface area contributed by atoms with Crippen LogP contribution in [-0.2, 0) is 9.47 Å². The number of rotatable bonds is 4. The van der Waals surface area contributed by atoms with E-state index in [0.29, 0.717) is 11.3 Å². The molecule has 0 N–H and O–H groups in total. The summed E-state index contributed by atoms with van der Waals surface area (Å²) in [4.78, 5) is 23.4. The molecule has 3 heterocycles. The number of ether oxygens (including phenoxy) is 2. The quantitative estimate of drug-likeness (QED) is 0.464. The fourth-order valence-electron chi connectivity index (χ4n) is 3.71. The van der Waals surface area contributed by atoms with Crippen LogP contribution in [0.5, 0.6) is 0 Å². The van der Waals surface area contributed by atoms with Gasteiger partial charge in [0.15, 0.2) is 0 Å². The maximum absolute atomic E-state index is 12.3. The molecule has 1 aliphatic heterocycles. The van der Waals surface area contributed by atoms with Crippen LogP contribution >= 0.6 is 0 Å². The monoisotopic (exact) mass is 427 g/mol. The van der Waals surface area contributed by atoms with Crippen molar-refractivity contribution < 1.29 is 14.3 Å². The van der Waals surface area contributed by atoms with E-state index < -0.39 is 0 Å².